The summed E-state index contributed by atoms with van der Waals surface area (Å²) in [6, 6.07) is 0. The minimum Gasteiger partial charge on any atom is -0.374 e. The molecule has 19 heavy (non-hydrogen) atoms. The van der Waals surface area contributed by atoms with Gasteiger partial charge in [-0.2, -0.15) is 0 Å². The Kier molecular flexibility index (Phi) is 3.91. The molecule has 1 aliphatic heterocycles. The van der Waals surface area contributed by atoms with Crippen LogP contribution in [0.3, 0.4) is 0 Å². The second-order valence-electron chi connectivity index (χ2n) is 5.42. The van der Waals surface area contributed by atoms with Crippen molar-refractivity contribution in [1.29, 1.82) is 0 Å². The normalized spacial score (nSPS) is 22.9. The van der Waals surface area contributed by atoms with E-state index >= 15 is 0 Å². The Balaban J connectivity index is 2.04. The summed E-state index contributed by atoms with van der Waals surface area (Å²) in [5.74, 6) is 0. The van der Waals surface area contributed by atoms with Crippen LogP contribution in [0.2, 0.25) is 0 Å². The van der Waals surface area contributed by atoms with Gasteiger partial charge < -0.3 is 14.6 Å². The van der Waals surface area contributed by atoms with Gasteiger partial charge in [-0.1, -0.05) is 0 Å². The van der Waals surface area contributed by atoms with Gasteiger partial charge in [0.15, 0.2) is 0 Å². The van der Waals surface area contributed by atoms with E-state index in [1.54, 1.807) is 13.2 Å². The molecule has 0 amide bonds. The molecule has 1 fully saturated rings. The van der Waals surface area contributed by atoms with Crippen LogP contribution < -0.4 is 16.6 Å². The summed E-state index contributed by atoms with van der Waals surface area (Å²) in [6.07, 6.45) is 3.71. The fourth-order valence-corrected chi connectivity index (χ4v) is 2.44. The summed E-state index contributed by atoms with van der Waals surface area (Å²) in [4.78, 5) is 23.5. The molecule has 0 saturated carbocycles. The van der Waals surface area contributed by atoms with Gasteiger partial charge >= 0.3 is 5.69 Å². The van der Waals surface area contributed by atoms with Gasteiger partial charge in [0, 0.05) is 45.6 Å². The van der Waals surface area contributed by atoms with Crippen LogP contribution in [0.15, 0.2) is 15.8 Å². The fourth-order valence-electron chi connectivity index (χ4n) is 2.44. The molecule has 6 heteroatoms. The summed E-state index contributed by atoms with van der Waals surface area (Å²) in [5.41, 5.74) is -0.0922. The maximum absolute atomic E-state index is 11.9. The first kappa shape index (κ1) is 14.0. The third-order valence-electron chi connectivity index (χ3n) is 3.63. The second-order valence-corrected chi connectivity index (χ2v) is 5.42. The monoisotopic (exact) mass is 267 g/mol. The van der Waals surface area contributed by atoms with Crippen LogP contribution in [-0.2, 0) is 25.4 Å². The molecular formula is C13H21N3O3. The molecule has 1 aromatic rings. The Hall–Kier alpha value is -1.40. The summed E-state index contributed by atoms with van der Waals surface area (Å²) >= 11 is 0. The van der Waals surface area contributed by atoms with E-state index in [9.17, 15) is 9.59 Å². The smallest absolute Gasteiger partial charge is 0.330 e. The Labute approximate surface area is 112 Å². The fraction of sp³-hybridized carbons (Fsp3) is 0.692. The van der Waals surface area contributed by atoms with Crippen molar-refractivity contribution in [2.45, 2.75) is 31.9 Å². The molecule has 1 aliphatic rings. The van der Waals surface area contributed by atoms with E-state index in [4.69, 9.17) is 4.74 Å². The molecule has 0 bridgehead atoms. The third-order valence-corrected chi connectivity index (χ3v) is 3.63. The largest absolute Gasteiger partial charge is 0.374 e. The first-order valence-corrected chi connectivity index (χ1v) is 6.53. The molecule has 0 aromatic carbocycles. The first-order chi connectivity index (χ1) is 8.93. The predicted octanol–water partition coefficient (Wildman–Crippen LogP) is -0.257. The number of rotatable bonds is 4. The van der Waals surface area contributed by atoms with Crippen molar-refractivity contribution in [2.75, 3.05) is 13.2 Å². The number of ether oxygens (including phenoxy) is 1. The summed E-state index contributed by atoms with van der Waals surface area (Å²) in [7, 11) is 3.14. The highest BCUT2D eigenvalue weighted by atomic mass is 16.5. The lowest BCUT2D eigenvalue weighted by molar-refractivity contribution is 0.0206. The van der Waals surface area contributed by atoms with E-state index in [0.29, 0.717) is 18.7 Å². The second kappa shape index (κ2) is 5.30. The highest BCUT2D eigenvalue weighted by molar-refractivity contribution is 5.05. The van der Waals surface area contributed by atoms with Crippen LogP contribution in [0.1, 0.15) is 25.3 Å². The Morgan fingerprint density at radius 3 is 2.79 bits per heavy atom. The van der Waals surface area contributed by atoms with Crippen molar-refractivity contribution in [3.63, 3.8) is 0 Å². The van der Waals surface area contributed by atoms with E-state index in [0.717, 1.165) is 24.0 Å². The van der Waals surface area contributed by atoms with E-state index < -0.39 is 0 Å². The quantitative estimate of drug-likeness (QED) is 0.816. The van der Waals surface area contributed by atoms with Crippen LogP contribution in [0, 0.1) is 0 Å². The lowest BCUT2D eigenvalue weighted by atomic mass is 10.0. The number of hydrogen-bond donors (Lipinski definition) is 1. The molecule has 0 aliphatic carbocycles. The summed E-state index contributed by atoms with van der Waals surface area (Å²) in [5, 5.41) is 3.25. The van der Waals surface area contributed by atoms with Crippen LogP contribution in [0.4, 0.5) is 0 Å². The highest BCUT2D eigenvalue weighted by Gasteiger charge is 2.29. The average molecular weight is 267 g/mol. The van der Waals surface area contributed by atoms with E-state index in [1.807, 2.05) is 0 Å². The SMILES string of the molecule is Cn1cc(CNCC2(C)CCCO2)c(=O)n(C)c1=O. The Bertz CT molecular complexity index is 567. The Morgan fingerprint density at radius 2 is 2.16 bits per heavy atom. The minimum atomic E-state index is -0.306. The van der Waals surface area contributed by atoms with Gasteiger partial charge in [-0.15, -0.1) is 0 Å². The third kappa shape index (κ3) is 2.96. The van der Waals surface area contributed by atoms with E-state index in [1.165, 1.54) is 11.6 Å². The molecule has 2 heterocycles. The average Bonchev–Trinajstić information content (AvgIpc) is 2.80. The maximum atomic E-state index is 11.9. The number of nitrogens with one attached hydrogen (secondary N) is 1. The molecule has 0 spiro atoms. The number of aromatic nitrogens is 2. The van der Waals surface area contributed by atoms with Crippen molar-refractivity contribution in [1.82, 2.24) is 14.5 Å². The molecule has 2 rings (SSSR count). The molecule has 1 aromatic heterocycles. The standard InChI is InChI=1S/C13H21N3O3/c1-13(5-4-6-19-13)9-14-7-10-8-15(2)12(18)16(3)11(10)17/h8,14H,4-7,9H2,1-3H3. The molecular weight excluding hydrogens is 246 g/mol. The number of hydrogen-bond acceptors (Lipinski definition) is 4. The van der Waals surface area contributed by atoms with Gasteiger partial charge in [-0.25, -0.2) is 4.79 Å². The topological polar surface area (TPSA) is 65.3 Å². The lowest BCUT2D eigenvalue weighted by Gasteiger charge is -2.23. The van der Waals surface area contributed by atoms with Crippen molar-refractivity contribution in [3.8, 4) is 0 Å². The zero-order valence-electron chi connectivity index (χ0n) is 11.7. The van der Waals surface area contributed by atoms with Crippen molar-refractivity contribution < 1.29 is 4.74 Å². The van der Waals surface area contributed by atoms with Crippen molar-refractivity contribution >= 4 is 0 Å². The van der Waals surface area contributed by atoms with Gasteiger partial charge in [0.1, 0.15) is 0 Å². The van der Waals surface area contributed by atoms with Crippen molar-refractivity contribution in [3.05, 3.63) is 32.6 Å². The van der Waals surface area contributed by atoms with Gasteiger partial charge in [-0.3, -0.25) is 9.36 Å². The van der Waals surface area contributed by atoms with Crippen molar-refractivity contribution in [2.24, 2.45) is 14.1 Å². The zero-order chi connectivity index (χ0) is 14.0. The molecule has 1 atom stereocenters. The molecule has 1 N–H and O–H groups in total. The lowest BCUT2D eigenvalue weighted by Crippen LogP contribution is -2.41. The molecule has 6 nitrogen and oxygen atoms in total. The molecule has 1 saturated heterocycles. The maximum Gasteiger partial charge on any atom is 0.330 e. The molecule has 0 radical (unpaired) electrons. The first-order valence-electron chi connectivity index (χ1n) is 6.53. The van der Waals surface area contributed by atoms with Gasteiger partial charge in [0.05, 0.1) is 5.60 Å². The van der Waals surface area contributed by atoms with Crippen LogP contribution in [0.25, 0.3) is 0 Å². The van der Waals surface area contributed by atoms with Gasteiger partial charge in [0.2, 0.25) is 0 Å². The number of nitrogens with zero attached hydrogens (tertiary/aromatic N) is 2. The van der Waals surface area contributed by atoms with Crippen LogP contribution >= 0.6 is 0 Å². The summed E-state index contributed by atoms with van der Waals surface area (Å²) < 4.78 is 8.23. The van der Waals surface area contributed by atoms with E-state index in [2.05, 4.69) is 12.2 Å². The van der Waals surface area contributed by atoms with Gasteiger partial charge in [0.25, 0.3) is 5.56 Å². The highest BCUT2D eigenvalue weighted by Crippen LogP contribution is 2.23. The summed E-state index contributed by atoms with van der Waals surface area (Å²) in [6.45, 7) is 4.03. The molecule has 1 unspecified atom stereocenters. The Morgan fingerprint density at radius 1 is 1.42 bits per heavy atom. The van der Waals surface area contributed by atoms with Crippen LogP contribution in [-0.4, -0.2) is 27.9 Å². The minimum absolute atomic E-state index is 0.133. The zero-order valence-corrected chi connectivity index (χ0v) is 11.7. The number of aryl methyl sites for hydroxylation is 1. The van der Waals surface area contributed by atoms with Crippen LogP contribution in [0.5, 0.6) is 0 Å². The predicted molar refractivity (Wildman–Crippen MR) is 72.2 cm³/mol. The van der Waals surface area contributed by atoms with Gasteiger partial charge in [-0.05, 0) is 19.8 Å². The van der Waals surface area contributed by atoms with E-state index in [-0.39, 0.29) is 16.9 Å². The molecule has 106 valence electrons.